The second-order valence-electron chi connectivity index (χ2n) is 6.35. The fraction of sp³-hybridized carbons (Fsp3) is 0.130. The molecule has 7 heteroatoms. The first-order chi connectivity index (χ1) is 14.7. The predicted molar refractivity (Wildman–Crippen MR) is 110 cm³/mol. The Labute approximate surface area is 173 Å². The van der Waals surface area contributed by atoms with Crippen LogP contribution in [0.3, 0.4) is 0 Å². The topological polar surface area (TPSA) is 101 Å². The van der Waals surface area contributed by atoms with E-state index in [-0.39, 0.29) is 12.2 Å². The molecule has 7 nitrogen and oxygen atoms in total. The van der Waals surface area contributed by atoms with Crippen molar-refractivity contribution in [1.82, 2.24) is 0 Å². The van der Waals surface area contributed by atoms with Gasteiger partial charge in [0.2, 0.25) is 6.10 Å². The van der Waals surface area contributed by atoms with Gasteiger partial charge < -0.3 is 9.47 Å². The van der Waals surface area contributed by atoms with Crippen molar-refractivity contribution < 1.29 is 19.1 Å². The maximum atomic E-state index is 12.9. The molecule has 2 atom stereocenters. The molecule has 0 N–H and O–H groups in total. The SMILES string of the molecule is [N-]=[N+]=N[C@@H](c1ccccc1)[14C@@H](OC(=O)c1ccccc1)[14C](=O)OCc1ccccc1. The van der Waals surface area contributed by atoms with E-state index in [2.05, 4.69) is 10.0 Å². The highest BCUT2D eigenvalue weighted by molar-refractivity contribution is 5.91. The number of esters is 2. The van der Waals surface area contributed by atoms with Gasteiger partial charge in [-0.05, 0) is 28.8 Å². The number of rotatable bonds is 8. The van der Waals surface area contributed by atoms with Crippen LogP contribution in [0.4, 0.5) is 0 Å². The van der Waals surface area contributed by atoms with Crippen LogP contribution in [0, 0.1) is 0 Å². The molecule has 0 aromatic heterocycles. The summed E-state index contributed by atoms with van der Waals surface area (Å²) >= 11 is 0. The first-order valence-corrected chi connectivity index (χ1v) is 9.25. The van der Waals surface area contributed by atoms with Crippen molar-refractivity contribution in [1.29, 1.82) is 0 Å². The van der Waals surface area contributed by atoms with Crippen molar-refractivity contribution in [2.75, 3.05) is 0 Å². The number of benzene rings is 3. The van der Waals surface area contributed by atoms with E-state index in [0.717, 1.165) is 5.56 Å². The van der Waals surface area contributed by atoms with Crippen LogP contribution in [-0.2, 0) is 20.9 Å². The van der Waals surface area contributed by atoms with Gasteiger partial charge >= 0.3 is 11.9 Å². The molecule has 0 saturated heterocycles. The number of nitrogens with zero attached hydrogens (tertiary/aromatic N) is 3. The summed E-state index contributed by atoms with van der Waals surface area (Å²) in [5.41, 5.74) is 10.6. The third-order valence-electron chi connectivity index (χ3n) is 4.30. The molecule has 0 bridgehead atoms. The monoisotopic (exact) mass is 405 g/mol. The number of carbonyl (C=O) groups excluding carboxylic acids is 2. The Morgan fingerprint density at radius 1 is 0.967 bits per heavy atom. The molecule has 0 unspecified atom stereocenters. The van der Waals surface area contributed by atoms with Gasteiger partial charge in [0, 0.05) is 4.91 Å². The standard InChI is InChI=1S/C23H19N3O4/c24-26-25-20(18-12-6-2-7-13-18)21(30-22(27)19-14-8-3-9-15-19)23(28)29-16-17-10-4-1-5-11-17/h1-15,20-21H,16H2/t20-,21+/m0/s1/i21+2,23+2. The Balaban J connectivity index is 1.87. The summed E-state index contributed by atoms with van der Waals surface area (Å²) in [5.74, 6) is -1.52. The predicted octanol–water partition coefficient (Wildman–Crippen LogP) is 5.01. The van der Waals surface area contributed by atoms with Crippen LogP contribution >= 0.6 is 0 Å². The molecule has 0 heterocycles. The van der Waals surface area contributed by atoms with Crippen LogP contribution in [0.2, 0.25) is 0 Å². The van der Waals surface area contributed by atoms with E-state index < -0.39 is 24.1 Å². The minimum absolute atomic E-state index is 0.00314. The van der Waals surface area contributed by atoms with Gasteiger partial charge in [-0.2, -0.15) is 0 Å². The second-order valence-corrected chi connectivity index (χ2v) is 6.35. The Kier molecular flexibility index (Phi) is 7.19. The van der Waals surface area contributed by atoms with Crippen LogP contribution < -0.4 is 0 Å². The van der Waals surface area contributed by atoms with Crippen LogP contribution in [0.15, 0.2) is 96.1 Å². The minimum Gasteiger partial charge on any atom is -0.458 e. The van der Waals surface area contributed by atoms with E-state index in [0.29, 0.717) is 5.56 Å². The molecule has 3 rings (SSSR count). The molecule has 3 aromatic rings. The summed E-state index contributed by atoms with van der Waals surface area (Å²) in [6.07, 6.45) is -1.44. The summed E-state index contributed by atoms with van der Waals surface area (Å²) in [4.78, 5) is 28.3. The zero-order chi connectivity index (χ0) is 21.2. The summed E-state index contributed by atoms with van der Waals surface area (Å²) in [7, 11) is 0. The molecule has 0 fully saturated rings. The van der Waals surface area contributed by atoms with Crippen molar-refractivity contribution in [3.63, 3.8) is 0 Å². The average molecular weight is 405 g/mol. The number of azide groups is 1. The van der Waals surface area contributed by atoms with E-state index in [9.17, 15) is 9.59 Å². The largest absolute Gasteiger partial charge is 0.458 e. The first kappa shape index (κ1) is 20.6. The number of ether oxygens (including phenoxy) is 2. The Hall–Kier alpha value is -4.09. The first-order valence-electron chi connectivity index (χ1n) is 9.25. The fourth-order valence-electron chi connectivity index (χ4n) is 2.82. The van der Waals surface area contributed by atoms with Crippen LogP contribution in [-0.4, -0.2) is 18.0 Å². The highest BCUT2D eigenvalue weighted by Gasteiger charge is 2.34. The number of hydrogen-bond donors (Lipinski definition) is 0. The second kappa shape index (κ2) is 10.5. The lowest BCUT2D eigenvalue weighted by Gasteiger charge is -2.22. The van der Waals surface area contributed by atoms with Gasteiger partial charge in [0.15, 0.2) is 0 Å². The third kappa shape index (κ3) is 5.47. The van der Waals surface area contributed by atoms with E-state index >= 15 is 0 Å². The van der Waals surface area contributed by atoms with Crippen molar-refractivity contribution in [2.24, 2.45) is 5.11 Å². The fourth-order valence-corrected chi connectivity index (χ4v) is 2.82. The van der Waals surface area contributed by atoms with Gasteiger partial charge in [0.1, 0.15) is 12.6 Å². The maximum absolute atomic E-state index is 12.9. The molecule has 0 amide bonds. The molecule has 0 aliphatic rings. The average Bonchev–Trinajstić information content (AvgIpc) is 2.81. The van der Waals surface area contributed by atoms with E-state index in [4.69, 9.17) is 15.0 Å². The number of carbonyl (C=O) groups is 2. The van der Waals surface area contributed by atoms with Gasteiger partial charge in [-0.1, -0.05) is 84.0 Å². The highest BCUT2D eigenvalue weighted by Crippen LogP contribution is 2.26. The van der Waals surface area contributed by atoms with E-state index in [1.807, 2.05) is 18.2 Å². The highest BCUT2D eigenvalue weighted by atomic mass is 16.9. The maximum Gasteiger partial charge on any atom is 0.348 e. The Bertz CT molecular complexity index is 1020. The lowest BCUT2D eigenvalue weighted by Crippen LogP contribution is -2.34. The summed E-state index contributed by atoms with van der Waals surface area (Å²) in [5, 5.41) is 3.72. The summed E-state index contributed by atoms with van der Waals surface area (Å²) < 4.78 is 10.9. The molecule has 0 aliphatic heterocycles. The normalized spacial score (nSPS) is 12.1. The smallest absolute Gasteiger partial charge is 0.348 e. The quantitative estimate of drug-likeness (QED) is 0.228. The molecule has 30 heavy (non-hydrogen) atoms. The Morgan fingerprint density at radius 3 is 2.13 bits per heavy atom. The van der Waals surface area contributed by atoms with Gasteiger partial charge in [-0.3, -0.25) is 0 Å². The van der Waals surface area contributed by atoms with Crippen molar-refractivity contribution in [3.05, 3.63) is 118 Å². The molecule has 150 valence electrons. The summed E-state index contributed by atoms with van der Waals surface area (Å²) in [6, 6.07) is 24.9. The minimum atomic E-state index is -1.44. The number of hydrogen-bond acceptors (Lipinski definition) is 5. The molecule has 0 saturated carbocycles. The Morgan fingerprint density at radius 2 is 1.53 bits per heavy atom. The molecule has 0 aliphatic carbocycles. The molecule has 0 spiro atoms. The molecular weight excluding hydrogens is 386 g/mol. The van der Waals surface area contributed by atoms with Gasteiger partial charge in [0.25, 0.3) is 0 Å². The molecular formula is C23H19N3O4. The van der Waals surface area contributed by atoms with Crippen LogP contribution in [0.25, 0.3) is 10.4 Å². The lowest BCUT2D eigenvalue weighted by molar-refractivity contribution is -0.156. The van der Waals surface area contributed by atoms with Gasteiger partial charge in [-0.15, -0.1) is 0 Å². The van der Waals surface area contributed by atoms with E-state index in [1.54, 1.807) is 72.8 Å². The third-order valence-corrected chi connectivity index (χ3v) is 4.30. The van der Waals surface area contributed by atoms with Crippen molar-refractivity contribution in [3.8, 4) is 0 Å². The molecule has 3 aromatic carbocycles. The summed E-state index contributed by atoms with van der Waals surface area (Å²) in [6.45, 7) is -0.00314. The molecule has 0 radical (unpaired) electrons. The van der Waals surface area contributed by atoms with Gasteiger partial charge in [-0.25, -0.2) is 9.59 Å². The zero-order valence-electron chi connectivity index (χ0n) is 16.0. The van der Waals surface area contributed by atoms with E-state index in [1.165, 1.54) is 0 Å². The van der Waals surface area contributed by atoms with Gasteiger partial charge in [0.05, 0.1) is 5.56 Å². The van der Waals surface area contributed by atoms with Crippen molar-refractivity contribution in [2.45, 2.75) is 18.8 Å². The zero-order valence-corrected chi connectivity index (χ0v) is 16.0. The van der Waals surface area contributed by atoms with Crippen LogP contribution in [0.5, 0.6) is 0 Å². The lowest BCUT2D eigenvalue weighted by atomic mass is 10.2. The van der Waals surface area contributed by atoms with Crippen LogP contribution in [0.1, 0.15) is 27.5 Å². The van der Waals surface area contributed by atoms with Crippen molar-refractivity contribution >= 4 is 11.9 Å².